The Balaban J connectivity index is 0.000000139. The van der Waals surface area contributed by atoms with Gasteiger partial charge in [0.2, 0.25) is 6.29 Å². The first kappa shape index (κ1) is 80.4. The van der Waals surface area contributed by atoms with Gasteiger partial charge in [0.15, 0.2) is 25.7 Å². The highest BCUT2D eigenvalue weighted by Gasteiger charge is 2.53. The van der Waals surface area contributed by atoms with Gasteiger partial charge in [-0.05, 0) is 321 Å². The monoisotopic (exact) mass is 1420 g/mol. The molecule has 103 heavy (non-hydrogen) atoms. The van der Waals surface area contributed by atoms with E-state index >= 15 is 0 Å². The summed E-state index contributed by atoms with van der Waals surface area (Å²) in [5.41, 5.74) is 7.51. The van der Waals surface area contributed by atoms with Crippen LogP contribution in [-0.2, 0) is 23.7 Å². The summed E-state index contributed by atoms with van der Waals surface area (Å²) in [6.45, 7) is 28.6. The minimum atomic E-state index is -0.157. The zero-order valence-corrected chi connectivity index (χ0v) is 66.4. The highest BCUT2D eigenvalue weighted by molar-refractivity contribution is 5.33. The summed E-state index contributed by atoms with van der Waals surface area (Å²) in [4.78, 5) is 0. The van der Waals surface area contributed by atoms with Crippen molar-refractivity contribution in [1.82, 2.24) is 0 Å². The lowest BCUT2D eigenvalue weighted by atomic mass is 9.50. The normalized spacial score (nSPS) is 27.5. The third-order valence-corrected chi connectivity index (χ3v) is 25.6. The zero-order valence-electron chi connectivity index (χ0n) is 66.4. The minimum Gasteiger partial charge on any atom is -0.468 e. The van der Waals surface area contributed by atoms with Crippen molar-refractivity contribution in [2.24, 2.45) is 46.8 Å². The van der Waals surface area contributed by atoms with E-state index in [1.807, 2.05) is 6.92 Å². The molecule has 11 fully saturated rings. The van der Waals surface area contributed by atoms with Gasteiger partial charge in [-0.3, -0.25) is 0 Å². The van der Waals surface area contributed by atoms with Crippen LogP contribution >= 0.6 is 0 Å². The fourth-order valence-corrected chi connectivity index (χ4v) is 19.3. The van der Waals surface area contributed by atoms with E-state index in [9.17, 15) is 0 Å². The van der Waals surface area contributed by atoms with E-state index in [4.69, 9.17) is 47.4 Å². The Labute approximate surface area is 625 Å². The molecule has 9 atom stereocenters. The average molecular weight is 1420 g/mol. The van der Waals surface area contributed by atoms with E-state index in [0.29, 0.717) is 53.8 Å². The average Bonchev–Trinajstić information content (AvgIpc) is 1.59. The molecule has 0 radical (unpaired) electrons. The zero-order chi connectivity index (χ0) is 72.7. The van der Waals surface area contributed by atoms with Gasteiger partial charge < -0.3 is 47.4 Å². The quantitative estimate of drug-likeness (QED) is 0.0340. The molecule has 1 heterocycles. The summed E-state index contributed by atoms with van der Waals surface area (Å²) in [5, 5.41) is 0. The first-order valence-corrected chi connectivity index (χ1v) is 41.8. The number of hydrogen-bond acceptors (Lipinski definition) is 10. The van der Waals surface area contributed by atoms with Crippen LogP contribution in [0.1, 0.15) is 320 Å². The first-order valence-electron chi connectivity index (χ1n) is 41.8. The summed E-state index contributed by atoms with van der Waals surface area (Å²) in [6.07, 6.45) is 36.1. The molecule has 10 aliphatic carbocycles. The standard InChI is InChI=1S/2C22H32O2.2C17H26O2.C15H22O2/c1-4-15(2)20-5-7-21(8-6-20)23-16(3)24-22-12-17-9-18(13-22)11-19(10-17)14-22;1-3-16(2)20-4-6-21(7-5-20)24-15-23-14-22-11-17-8-18(12-22)10-19(9-17)13-22;1-4-13(2)14-9-11-16(12-10-14)19-17(18-3)15-7-5-6-8-15;1-4-13(2)15-9-11-17(12-10-15)19-14(3)18-16-7-5-6-8-16;1-3-12(2)13-7-9-14(10-8-13)17-15-6-4-5-11-16-15/h5-8,15-19H,4,9-14H2,1-3H3;4-7,16-19H,3,8-15H2,1-2H3;9-13,15,17H,4-8H2,1-3H3;9-14,16H,4-8H2,1-3H3;7-10,12,15H,3-6,11H2,1-2H3. The van der Waals surface area contributed by atoms with Crippen molar-refractivity contribution in [3.63, 3.8) is 0 Å². The molecule has 0 amide bonds. The summed E-state index contributed by atoms with van der Waals surface area (Å²) in [7, 11) is 1.75. The highest BCUT2D eigenvalue weighted by atomic mass is 16.7. The van der Waals surface area contributed by atoms with Crippen LogP contribution in [0.25, 0.3) is 0 Å². The van der Waals surface area contributed by atoms with Gasteiger partial charge in [0.25, 0.3) is 0 Å². The molecule has 10 saturated carbocycles. The maximum Gasteiger partial charge on any atom is 0.202 e. The summed E-state index contributed by atoms with van der Waals surface area (Å²) in [6, 6.07) is 42.4. The maximum atomic E-state index is 6.53. The Kier molecular flexibility index (Phi) is 31.4. The Bertz CT molecular complexity index is 3070. The molecule has 5 aromatic rings. The van der Waals surface area contributed by atoms with Crippen LogP contribution in [0.3, 0.4) is 0 Å². The molecule has 1 saturated heterocycles. The van der Waals surface area contributed by atoms with Crippen molar-refractivity contribution in [3.8, 4) is 28.7 Å². The summed E-state index contributed by atoms with van der Waals surface area (Å²) < 4.78 is 59.0. The van der Waals surface area contributed by atoms with Crippen molar-refractivity contribution in [2.75, 3.05) is 27.1 Å². The summed E-state index contributed by atoms with van der Waals surface area (Å²) >= 11 is 0. The van der Waals surface area contributed by atoms with Crippen LogP contribution < -0.4 is 23.7 Å². The maximum absolute atomic E-state index is 6.53. The number of rotatable bonds is 29. The van der Waals surface area contributed by atoms with Gasteiger partial charge in [-0.15, -0.1) is 0 Å². The van der Waals surface area contributed by atoms with E-state index < -0.39 is 0 Å². The third-order valence-electron chi connectivity index (χ3n) is 25.6. The number of benzene rings is 5. The fourth-order valence-electron chi connectivity index (χ4n) is 19.3. The van der Waals surface area contributed by atoms with Gasteiger partial charge in [0, 0.05) is 19.4 Å². The van der Waals surface area contributed by atoms with Crippen LogP contribution in [-0.4, -0.2) is 64.0 Å². The number of ether oxygens (including phenoxy) is 10. The largest absolute Gasteiger partial charge is 0.468 e. The molecule has 0 aromatic heterocycles. The molecule has 570 valence electrons. The molecule has 16 rings (SSSR count). The van der Waals surface area contributed by atoms with Gasteiger partial charge >= 0.3 is 0 Å². The topological polar surface area (TPSA) is 92.3 Å². The lowest BCUT2D eigenvalue weighted by Gasteiger charge is -2.56. The van der Waals surface area contributed by atoms with Crippen molar-refractivity contribution >= 4 is 0 Å². The molecular formula is C93H138O10. The molecular weight excluding hydrogens is 1280 g/mol. The van der Waals surface area contributed by atoms with Crippen LogP contribution in [0.4, 0.5) is 0 Å². The van der Waals surface area contributed by atoms with E-state index in [2.05, 4.69) is 197 Å². The van der Waals surface area contributed by atoms with E-state index in [0.717, 1.165) is 90.3 Å². The van der Waals surface area contributed by atoms with Gasteiger partial charge in [0.05, 0.1) is 24.9 Å². The van der Waals surface area contributed by atoms with Crippen LogP contribution in [0.2, 0.25) is 0 Å². The van der Waals surface area contributed by atoms with E-state index in [1.54, 1.807) is 7.11 Å². The Morgan fingerprint density at radius 2 is 0.757 bits per heavy atom. The number of methoxy groups -OCH3 is 1. The molecule has 10 heteroatoms. The molecule has 5 aromatic carbocycles. The molecule has 0 N–H and O–H groups in total. The summed E-state index contributed by atoms with van der Waals surface area (Å²) in [5.74, 6) is 14.0. The predicted octanol–water partition coefficient (Wildman–Crippen LogP) is 25.4. The SMILES string of the molecule is CCC(C)c1ccc(OC(C)OC23CC4CC(CC(C4)C2)C3)cc1.CCC(C)c1ccc(OC(C)OC2CCCC2)cc1.CCC(C)c1ccc(OC(OC)C2CCCC2)cc1.CCC(C)c1ccc(OC2CCCCO2)cc1.CCC(C)c1ccc(OCOCC23CC4CC(CC(C4)C2)C3)cc1. The molecule has 11 aliphatic rings. The van der Waals surface area contributed by atoms with Crippen LogP contribution in [0.15, 0.2) is 121 Å². The number of hydrogen-bond donors (Lipinski definition) is 0. The van der Waals surface area contributed by atoms with Gasteiger partial charge in [-0.25, -0.2) is 0 Å². The van der Waals surface area contributed by atoms with E-state index in [-0.39, 0.29) is 30.8 Å². The second-order valence-electron chi connectivity index (χ2n) is 33.7. The Hall–Kier alpha value is -5.10. The fraction of sp³-hybridized carbons (Fsp3) is 0.677. The Morgan fingerprint density at radius 1 is 0.398 bits per heavy atom. The molecule has 10 nitrogen and oxygen atoms in total. The first-order chi connectivity index (χ1) is 49.9. The highest BCUT2D eigenvalue weighted by Crippen LogP contribution is 2.60. The second kappa shape index (κ2) is 40.2. The van der Waals surface area contributed by atoms with Crippen molar-refractivity contribution in [1.29, 1.82) is 0 Å². The van der Waals surface area contributed by atoms with Crippen molar-refractivity contribution in [3.05, 3.63) is 149 Å². The lowest BCUT2D eigenvalue weighted by Crippen LogP contribution is -2.53. The van der Waals surface area contributed by atoms with Gasteiger partial charge in [-0.2, -0.15) is 0 Å². The van der Waals surface area contributed by atoms with Crippen LogP contribution in [0.5, 0.6) is 28.7 Å². The second-order valence-corrected chi connectivity index (χ2v) is 33.7. The molecule has 0 spiro atoms. The molecule has 9 unspecified atom stereocenters. The Morgan fingerprint density at radius 3 is 1.15 bits per heavy atom. The molecule has 1 aliphatic heterocycles. The van der Waals surface area contributed by atoms with Gasteiger partial charge in [-0.1, -0.05) is 156 Å². The molecule has 8 bridgehead atoms. The van der Waals surface area contributed by atoms with E-state index in [1.165, 1.54) is 195 Å². The minimum absolute atomic E-state index is 0.0433. The third kappa shape index (κ3) is 24.2. The van der Waals surface area contributed by atoms with Crippen LogP contribution in [0, 0.1) is 46.8 Å². The van der Waals surface area contributed by atoms with Gasteiger partial charge in [0.1, 0.15) is 28.7 Å². The predicted molar refractivity (Wildman–Crippen MR) is 421 cm³/mol. The van der Waals surface area contributed by atoms with Crippen molar-refractivity contribution < 1.29 is 47.4 Å². The smallest absolute Gasteiger partial charge is 0.202 e. The van der Waals surface area contributed by atoms with Crippen molar-refractivity contribution in [2.45, 2.75) is 329 Å². The lowest BCUT2D eigenvalue weighted by molar-refractivity contribution is -0.225.